The summed E-state index contributed by atoms with van der Waals surface area (Å²) in [4.78, 5) is 11.8. The monoisotopic (exact) mass is 387 g/mol. The number of carbonyl (C=O) groups is 1. The summed E-state index contributed by atoms with van der Waals surface area (Å²) < 4.78 is 67.7. The summed E-state index contributed by atoms with van der Waals surface area (Å²) in [6, 6.07) is 4.84. The fourth-order valence-electron chi connectivity index (χ4n) is 2.59. The van der Waals surface area contributed by atoms with Crippen molar-refractivity contribution in [3.63, 3.8) is 0 Å². The molecule has 2 amide bonds. The molecule has 0 bridgehead atoms. The highest BCUT2D eigenvalue weighted by molar-refractivity contribution is 5.74. The Kier molecular flexibility index (Phi) is 6.04. The van der Waals surface area contributed by atoms with Crippen LogP contribution in [-0.2, 0) is 6.18 Å². The topological polar surface area (TPSA) is 58.4 Å². The van der Waals surface area contributed by atoms with Crippen LogP contribution in [0.4, 0.5) is 26.7 Å². The highest BCUT2D eigenvalue weighted by Gasteiger charge is 2.37. The van der Waals surface area contributed by atoms with Gasteiger partial charge in [-0.2, -0.15) is 13.2 Å². The molecule has 0 radical (unpaired) electrons. The zero-order valence-electron chi connectivity index (χ0n) is 14.6. The third-order valence-corrected chi connectivity index (χ3v) is 4.02. The molecule has 2 rings (SSSR count). The third kappa shape index (κ3) is 4.54. The van der Waals surface area contributed by atoms with Crippen LogP contribution in [0, 0.1) is 11.6 Å². The summed E-state index contributed by atoms with van der Waals surface area (Å²) in [5.74, 6) is 3.17. The zero-order chi connectivity index (χ0) is 20.4. The van der Waals surface area contributed by atoms with E-state index in [1.807, 2.05) is 0 Å². The van der Waals surface area contributed by atoms with E-state index in [1.165, 1.54) is 19.1 Å². The van der Waals surface area contributed by atoms with Gasteiger partial charge in [0, 0.05) is 12.1 Å². The van der Waals surface area contributed by atoms with Crippen LogP contribution in [0.3, 0.4) is 0 Å². The third-order valence-electron chi connectivity index (χ3n) is 4.02. The molecule has 0 saturated carbocycles. The second kappa shape index (κ2) is 7.91. The predicted molar refractivity (Wildman–Crippen MR) is 90.3 cm³/mol. The van der Waals surface area contributed by atoms with Gasteiger partial charge in [0.15, 0.2) is 0 Å². The number of rotatable bonds is 4. The molecule has 27 heavy (non-hydrogen) atoms. The van der Waals surface area contributed by atoms with Gasteiger partial charge < -0.3 is 5.32 Å². The number of halogens is 5. The van der Waals surface area contributed by atoms with Crippen molar-refractivity contribution >= 4 is 6.03 Å². The van der Waals surface area contributed by atoms with Crippen molar-refractivity contribution in [2.45, 2.75) is 26.1 Å². The van der Waals surface area contributed by atoms with Crippen molar-refractivity contribution in [2.24, 2.45) is 5.84 Å². The van der Waals surface area contributed by atoms with Crippen molar-refractivity contribution in [3.05, 3.63) is 59.2 Å². The fourth-order valence-corrected chi connectivity index (χ4v) is 2.59. The molecular weight excluding hydrogens is 369 g/mol. The molecule has 0 fully saturated rings. The number of carbonyl (C=O) groups excluding carboxylic acids is 1. The maximum Gasteiger partial charge on any atom is 0.419 e. The minimum absolute atomic E-state index is 0.0570. The summed E-state index contributed by atoms with van der Waals surface area (Å²) in [5.41, 5.74) is -2.00. The molecule has 2 aromatic carbocycles. The second-order valence-electron chi connectivity index (χ2n) is 5.85. The smallest absolute Gasteiger partial charge is 0.330 e. The number of nitrogens with two attached hydrogens (primary N) is 1. The lowest BCUT2D eigenvalue weighted by Crippen LogP contribution is -2.45. The molecule has 1 atom stereocenters. The number of hydrogen-bond donors (Lipinski definition) is 2. The Bertz CT molecular complexity index is 838. The first-order valence-electron chi connectivity index (χ1n) is 8.04. The number of benzene rings is 2. The van der Waals surface area contributed by atoms with Crippen LogP contribution in [-0.4, -0.2) is 17.6 Å². The van der Waals surface area contributed by atoms with Crippen LogP contribution in [0.15, 0.2) is 36.4 Å². The second-order valence-corrected chi connectivity index (χ2v) is 5.85. The number of urea groups is 1. The van der Waals surface area contributed by atoms with Crippen LogP contribution in [0.5, 0.6) is 0 Å². The number of nitrogens with zero attached hydrogens (tertiary/aromatic N) is 1. The van der Waals surface area contributed by atoms with Gasteiger partial charge in [-0.15, -0.1) is 0 Å². The Hall–Kier alpha value is -2.68. The lowest BCUT2D eigenvalue weighted by atomic mass is 9.96. The maximum absolute atomic E-state index is 14.5. The SMILES string of the molecule is CCN(N)C(=O)NC(C)c1ccc(-c2cccc(F)c2C(F)(F)F)cc1F. The van der Waals surface area contributed by atoms with E-state index in [2.05, 4.69) is 5.32 Å². The summed E-state index contributed by atoms with van der Waals surface area (Å²) in [6.45, 7) is 3.39. The van der Waals surface area contributed by atoms with E-state index in [1.54, 1.807) is 6.92 Å². The molecule has 4 nitrogen and oxygen atoms in total. The van der Waals surface area contributed by atoms with Gasteiger partial charge in [-0.25, -0.2) is 19.4 Å². The molecule has 0 aliphatic carbocycles. The molecule has 0 aliphatic heterocycles. The number of hydrazine groups is 1. The summed E-state index contributed by atoms with van der Waals surface area (Å²) in [6.07, 6.45) is -4.93. The minimum atomic E-state index is -4.93. The van der Waals surface area contributed by atoms with Crippen molar-refractivity contribution in [1.29, 1.82) is 0 Å². The first-order valence-corrected chi connectivity index (χ1v) is 8.04. The summed E-state index contributed by atoms with van der Waals surface area (Å²) >= 11 is 0. The van der Waals surface area contributed by atoms with Gasteiger partial charge in [0.1, 0.15) is 11.6 Å². The van der Waals surface area contributed by atoms with Gasteiger partial charge in [0.05, 0.1) is 11.6 Å². The number of alkyl halides is 3. The van der Waals surface area contributed by atoms with Gasteiger partial charge in [-0.1, -0.05) is 24.3 Å². The van der Waals surface area contributed by atoms with Crippen LogP contribution >= 0.6 is 0 Å². The molecule has 0 aliphatic rings. The number of nitrogens with one attached hydrogen (secondary N) is 1. The Labute approximate surface area is 152 Å². The molecule has 146 valence electrons. The van der Waals surface area contributed by atoms with E-state index in [0.29, 0.717) is 6.07 Å². The molecule has 0 aromatic heterocycles. The summed E-state index contributed by atoms with van der Waals surface area (Å²) in [7, 11) is 0. The van der Waals surface area contributed by atoms with Gasteiger partial charge in [-0.05, 0) is 37.1 Å². The molecule has 2 aromatic rings. The minimum Gasteiger partial charge on any atom is -0.330 e. The Balaban J connectivity index is 2.39. The van der Waals surface area contributed by atoms with Crippen LogP contribution in [0.2, 0.25) is 0 Å². The molecular formula is C18H18F5N3O. The molecule has 9 heteroatoms. The number of amides is 2. The average Bonchev–Trinajstić information content (AvgIpc) is 2.59. The van der Waals surface area contributed by atoms with Crippen molar-refractivity contribution in [2.75, 3.05) is 6.54 Å². The quantitative estimate of drug-likeness (QED) is 0.348. The maximum atomic E-state index is 14.5. The van der Waals surface area contributed by atoms with Gasteiger partial charge in [0.2, 0.25) is 0 Å². The lowest BCUT2D eigenvalue weighted by molar-refractivity contribution is -0.139. The Morgan fingerprint density at radius 2 is 1.85 bits per heavy atom. The van der Waals surface area contributed by atoms with E-state index < -0.39 is 41.0 Å². The highest BCUT2D eigenvalue weighted by Crippen LogP contribution is 2.39. The van der Waals surface area contributed by atoms with Crippen LogP contribution in [0.25, 0.3) is 11.1 Å². The van der Waals surface area contributed by atoms with Crippen molar-refractivity contribution < 1.29 is 26.7 Å². The molecule has 3 N–H and O–H groups in total. The fraction of sp³-hybridized carbons (Fsp3) is 0.278. The molecule has 0 saturated heterocycles. The van der Waals surface area contributed by atoms with Gasteiger partial charge >= 0.3 is 12.2 Å². The molecule has 0 heterocycles. The predicted octanol–water partition coefficient (Wildman–Crippen LogP) is 4.62. The van der Waals surface area contributed by atoms with E-state index in [4.69, 9.17) is 5.84 Å². The molecule has 0 spiro atoms. The first kappa shape index (κ1) is 20.6. The molecule has 1 unspecified atom stereocenters. The van der Waals surface area contributed by atoms with Gasteiger partial charge in [-0.3, -0.25) is 5.01 Å². The average molecular weight is 387 g/mol. The summed E-state index contributed by atoms with van der Waals surface area (Å²) in [5, 5.41) is 3.37. The van der Waals surface area contributed by atoms with E-state index in [0.717, 1.165) is 23.2 Å². The normalized spacial score (nSPS) is 12.6. The van der Waals surface area contributed by atoms with Crippen molar-refractivity contribution in [1.82, 2.24) is 10.3 Å². The Morgan fingerprint density at radius 1 is 1.19 bits per heavy atom. The lowest BCUT2D eigenvalue weighted by Gasteiger charge is -2.21. The highest BCUT2D eigenvalue weighted by atomic mass is 19.4. The van der Waals surface area contributed by atoms with Crippen molar-refractivity contribution in [3.8, 4) is 11.1 Å². The zero-order valence-corrected chi connectivity index (χ0v) is 14.6. The van der Waals surface area contributed by atoms with Gasteiger partial charge in [0.25, 0.3) is 0 Å². The number of hydrogen-bond acceptors (Lipinski definition) is 2. The van der Waals surface area contributed by atoms with E-state index in [-0.39, 0.29) is 17.7 Å². The largest absolute Gasteiger partial charge is 0.419 e. The van der Waals surface area contributed by atoms with E-state index in [9.17, 15) is 26.7 Å². The Morgan fingerprint density at radius 3 is 2.41 bits per heavy atom. The first-order chi connectivity index (χ1) is 12.6. The standard InChI is InChI=1S/C18H18F5N3O/c1-3-26(24)17(27)25-10(2)12-8-7-11(9-15(12)20)13-5-4-6-14(19)16(13)18(21,22)23/h4-10H,3,24H2,1-2H3,(H,25,27). The van der Waals surface area contributed by atoms with Crippen LogP contribution in [0.1, 0.15) is 31.0 Å². The van der Waals surface area contributed by atoms with E-state index >= 15 is 0 Å². The van der Waals surface area contributed by atoms with Crippen LogP contribution < -0.4 is 11.2 Å².